The van der Waals surface area contributed by atoms with E-state index >= 15 is 0 Å². The largest absolute Gasteiger partial charge is 0.338 e. The van der Waals surface area contributed by atoms with Gasteiger partial charge in [-0.1, -0.05) is 0 Å². The summed E-state index contributed by atoms with van der Waals surface area (Å²) in [5.41, 5.74) is 8.81. The molecule has 5 heteroatoms. The second-order valence-electron chi connectivity index (χ2n) is 4.99. The number of aromatic nitrogens is 1. The summed E-state index contributed by atoms with van der Waals surface area (Å²) in [6.07, 6.45) is 4.62. The van der Waals surface area contributed by atoms with Gasteiger partial charge in [-0.05, 0) is 32.6 Å². The van der Waals surface area contributed by atoms with Crippen LogP contribution in [0.25, 0.3) is 0 Å². The Hall–Kier alpha value is -0.940. The van der Waals surface area contributed by atoms with Gasteiger partial charge in [-0.15, -0.1) is 11.3 Å². The Morgan fingerprint density at radius 3 is 3.17 bits per heavy atom. The van der Waals surface area contributed by atoms with Crippen LogP contribution < -0.4 is 5.73 Å². The van der Waals surface area contributed by atoms with E-state index in [4.69, 9.17) is 5.73 Å². The number of hydrogen-bond acceptors (Lipinski definition) is 4. The number of piperidine rings is 1. The smallest absolute Gasteiger partial charge is 0.223 e. The summed E-state index contributed by atoms with van der Waals surface area (Å²) in [7, 11) is 0. The number of aryl methyl sites for hydroxylation is 1. The minimum absolute atomic E-state index is 0.0634. The van der Waals surface area contributed by atoms with Crippen LogP contribution in [-0.4, -0.2) is 34.4 Å². The van der Waals surface area contributed by atoms with Crippen LogP contribution in [0, 0.1) is 0 Å². The molecule has 0 bridgehead atoms. The minimum Gasteiger partial charge on any atom is -0.338 e. The van der Waals surface area contributed by atoms with Crippen LogP contribution in [0.4, 0.5) is 0 Å². The summed E-state index contributed by atoms with van der Waals surface area (Å²) in [6.45, 7) is 2.86. The zero-order valence-electron chi connectivity index (χ0n) is 10.8. The molecule has 1 amide bonds. The number of thiazole rings is 1. The number of carbonyl (C=O) groups is 1. The molecule has 0 radical (unpaired) electrons. The molecule has 18 heavy (non-hydrogen) atoms. The molecule has 2 rings (SSSR count). The maximum absolute atomic E-state index is 12.3. The van der Waals surface area contributed by atoms with Crippen molar-refractivity contribution >= 4 is 17.2 Å². The third kappa shape index (κ3) is 3.29. The third-order valence-corrected chi connectivity index (χ3v) is 4.19. The number of amides is 1. The van der Waals surface area contributed by atoms with Gasteiger partial charge in [0.2, 0.25) is 5.91 Å². The van der Waals surface area contributed by atoms with E-state index < -0.39 is 0 Å². The Balaban J connectivity index is 1.90. The number of rotatable bonds is 4. The van der Waals surface area contributed by atoms with Gasteiger partial charge >= 0.3 is 0 Å². The predicted octanol–water partition coefficient (Wildman–Crippen LogP) is 1.80. The van der Waals surface area contributed by atoms with Crippen molar-refractivity contribution in [2.45, 2.75) is 51.1 Å². The Labute approximate surface area is 112 Å². The standard InChI is InChI=1S/C13H21N3OS/c1-10(14)12-4-2-3-7-16(12)13(17)6-5-11-8-18-9-15-11/h8-10,12H,2-7,14H2,1H3. The van der Waals surface area contributed by atoms with Crippen molar-refractivity contribution in [3.8, 4) is 0 Å². The molecule has 2 N–H and O–H groups in total. The molecule has 1 aromatic heterocycles. The maximum Gasteiger partial charge on any atom is 0.223 e. The summed E-state index contributed by atoms with van der Waals surface area (Å²) in [5, 5.41) is 2.01. The molecule has 1 aliphatic rings. The van der Waals surface area contributed by atoms with Crippen LogP contribution in [0.2, 0.25) is 0 Å². The van der Waals surface area contributed by atoms with Crippen LogP contribution >= 0.6 is 11.3 Å². The number of nitrogens with zero attached hydrogens (tertiary/aromatic N) is 2. The third-order valence-electron chi connectivity index (χ3n) is 3.55. The first-order chi connectivity index (χ1) is 8.68. The van der Waals surface area contributed by atoms with Gasteiger partial charge in [0.15, 0.2) is 0 Å². The average Bonchev–Trinajstić information content (AvgIpc) is 2.89. The molecule has 1 saturated heterocycles. The number of likely N-dealkylation sites (tertiary alicyclic amines) is 1. The fraction of sp³-hybridized carbons (Fsp3) is 0.692. The maximum atomic E-state index is 12.3. The lowest BCUT2D eigenvalue weighted by Crippen LogP contribution is -2.51. The van der Waals surface area contributed by atoms with E-state index in [0.29, 0.717) is 6.42 Å². The molecule has 0 saturated carbocycles. The van der Waals surface area contributed by atoms with Crippen molar-refractivity contribution in [1.82, 2.24) is 9.88 Å². The Morgan fingerprint density at radius 2 is 2.50 bits per heavy atom. The first kappa shape index (κ1) is 13.5. The average molecular weight is 267 g/mol. The van der Waals surface area contributed by atoms with Gasteiger partial charge in [-0.25, -0.2) is 4.98 Å². The van der Waals surface area contributed by atoms with E-state index in [1.54, 1.807) is 11.3 Å². The van der Waals surface area contributed by atoms with E-state index in [0.717, 1.165) is 31.5 Å². The fourth-order valence-corrected chi connectivity index (χ4v) is 3.15. The topological polar surface area (TPSA) is 59.2 Å². The summed E-state index contributed by atoms with van der Waals surface area (Å²) >= 11 is 1.58. The van der Waals surface area contributed by atoms with Crippen molar-refractivity contribution in [3.05, 3.63) is 16.6 Å². The van der Waals surface area contributed by atoms with Gasteiger partial charge in [0.25, 0.3) is 0 Å². The molecule has 100 valence electrons. The van der Waals surface area contributed by atoms with Gasteiger partial charge in [0.05, 0.1) is 11.2 Å². The predicted molar refractivity (Wildman–Crippen MR) is 73.4 cm³/mol. The van der Waals surface area contributed by atoms with Crippen molar-refractivity contribution in [1.29, 1.82) is 0 Å². The first-order valence-corrected chi connectivity index (χ1v) is 7.55. The lowest BCUT2D eigenvalue weighted by Gasteiger charge is -2.38. The van der Waals surface area contributed by atoms with Crippen molar-refractivity contribution < 1.29 is 4.79 Å². The molecular weight excluding hydrogens is 246 g/mol. The van der Waals surface area contributed by atoms with Gasteiger partial charge < -0.3 is 10.6 Å². The molecule has 0 aromatic carbocycles. The second-order valence-corrected chi connectivity index (χ2v) is 5.71. The summed E-state index contributed by atoms with van der Waals surface area (Å²) in [5.74, 6) is 0.227. The van der Waals surface area contributed by atoms with Crippen LogP contribution in [0.15, 0.2) is 10.9 Å². The number of carbonyl (C=O) groups excluding carboxylic acids is 1. The Morgan fingerprint density at radius 1 is 1.67 bits per heavy atom. The van der Waals surface area contributed by atoms with Crippen LogP contribution in [0.1, 0.15) is 38.3 Å². The Bertz CT molecular complexity index is 378. The highest BCUT2D eigenvalue weighted by atomic mass is 32.1. The van der Waals surface area contributed by atoms with E-state index in [1.165, 1.54) is 6.42 Å². The van der Waals surface area contributed by atoms with Gasteiger partial charge in [-0.3, -0.25) is 4.79 Å². The minimum atomic E-state index is 0.0634. The molecule has 0 aliphatic carbocycles. The van der Waals surface area contributed by atoms with Gasteiger partial charge in [-0.2, -0.15) is 0 Å². The lowest BCUT2D eigenvalue weighted by atomic mass is 9.96. The Kier molecular flexibility index (Phi) is 4.72. The summed E-state index contributed by atoms with van der Waals surface area (Å²) in [4.78, 5) is 18.5. The van der Waals surface area contributed by atoms with E-state index in [2.05, 4.69) is 4.98 Å². The van der Waals surface area contributed by atoms with Crippen molar-refractivity contribution in [2.24, 2.45) is 5.73 Å². The molecule has 1 fully saturated rings. The molecule has 2 heterocycles. The first-order valence-electron chi connectivity index (χ1n) is 6.60. The van der Waals surface area contributed by atoms with E-state index in [9.17, 15) is 4.79 Å². The van der Waals surface area contributed by atoms with Crippen LogP contribution in [-0.2, 0) is 11.2 Å². The molecule has 4 nitrogen and oxygen atoms in total. The molecule has 1 aliphatic heterocycles. The van der Waals surface area contributed by atoms with E-state index in [-0.39, 0.29) is 18.0 Å². The van der Waals surface area contributed by atoms with Gasteiger partial charge in [0.1, 0.15) is 0 Å². The molecule has 2 atom stereocenters. The fourth-order valence-electron chi connectivity index (χ4n) is 2.55. The SMILES string of the molecule is CC(N)C1CCCCN1C(=O)CCc1cscn1. The highest BCUT2D eigenvalue weighted by Crippen LogP contribution is 2.20. The molecule has 2 unspecified atom stereocenters. The highest BCUT2D eigenvalue weighted by molar-refractivity contribution is 7.07. The van der Waals surface area contributed by atoms with Crippen LogP contribution in [0.3, 0.4) is 0 Å². The quantitative estimate of drug-likeness (QED) is 0.905. The monoisotopic (exact) mass is 267 g/mol. The summed E-state index contributed by atoms with van der Waals surface area (Å²) < 4.78 is 0. The van der Waals surface area contributed by atoms with Crippen molar-refractivity contribution in [3.63, 3.8) is 0 Å². The number of nitrogens with two attached hydrogens (primary N) is 1. The molecular formula is C13H21N3OS. The van der Waals surface area contributed by atoms with Crippen molar-refractivity contribution in [2.75, 3.05) is 6.54 Å². The van der Waals surface area contributed by atoms with E-state index in [1.807, 2.05) is 22.7 Å². The normalized spacial score (nSPS) is 21.9. The molecule has 0 spiro atoms. The van der Waals surface area contributed by atoms with Gasteiger partial charge in [0, 0.05) is 30.4 Å². The van der Waals surface area contributed by atoms with Crippen LogP contribution in [0.5, 0.6) is 0 Å². The highest BCUT2D eigenvalue weighted by Gasteiger charge is 2.28. The zero-order valence-corrected chi connectivity index (χ0v) is 11.7. The summed E-state index contributed by atoms with van der Waals surface area (Å²) in [6, 6.07) is 0.287. The molecule has 1 aromatic rings. The zero-order chi connectivity index (χ0) is 13.0. The number of hydrogen-bond donors (Lipinski definition) is 1. The second kappa shape index (κ2) is 6.29. The lowest BCUT2D eigenvalue weighted by molar-refractivity contribution is -0.135.